The van der Waals surface area contributed by atoms with Gasteiger partial charge < -0.3 is 14.4 Å². The number of hydrogen-bond acceptors (Lipinski definition) is 3. The normalized spacial score (nSPS) is 14.5. The van der Waals surface area contributed by atoms with Crippen LogP contribution in [-0.2, 0) is 22.5 Å². The van der Waals surface area contributed by atoms with E-state index < -0.39 is 6.10 Å². The summed E-state index contributed by atoms with van der Waals surface area (Å²) < 4.78 is 23.8. The van der Waals surface area contributed by atoms with Crippen LogP contribution in [0.3, 0.4) is 0 Å². The van der Waals surface area contributed by atoms with E-state index in [0.717, 1.165) is 26.9 Å². The third-order valence-electron chi connectivity index (χ3n) is 5.60. The number of rotatable bonds is 5. The van der Waals surface area contributed by atoms with Crippen molar-refractivity contribution in [1.29, 1.82) is 0 Å². The van der Waals surface area contributed by atoms with Gasteiger partial charge in [0.15, 0.2) is 0 Å². The average molecular weight is 554 g/mol. The van der Waals surface area contributed by atoms with Crippen molar-refractivity contribution < 1.29 is 18.7 Å². The molecule has 0 aliphatic carbocycles. The Morgan fingerprint density at radius 2 is 1.34 bits per heavy atom. The van der Waals surface area contributed by atoms with Gasteiger partial charge in [0.1, 0.15) is 17.7 Å². The Bertz CT molecular complexity index is 1190. The van der Waals surface area contributed by atoms with E-state index in [1.165, 1.54) is 12.1 Å². The van der Waals surface area contributed by atoms with Crippen LogP contribution in [0.2, 0.25) is 10.0 Å². The van der Waals surface area contributed by atoms with E-state index in [1.54, 1.807) is 24.1 Å². The minimum Gasteiger partial charge on any atom is -0.497 e. The lowest BCUT2D eigenvalue weighted by Gasteiger charge is -2.32. The Morgan fingerprint density at radius 1 is 0.816 bits per heavy atom. The second kappa shape index (κ2) is 15.8. The van der Waals surface area contributed by atoms with Gasteiger partial charge in [-0.2, -0.15) is 0 Å². The number of benzene rings is 4. The molecule has 5 rings (SSSR count). The van der Waals surface area contributed by atoms with Crippen molar-refractivity contribution in [2.24, 2.45) is 0 Å². The number of ether oxygens (including phenoxy) is 2. The number of hydrogen-bond donors (Lipinski definition) is 0. The third kappa shape index (κ3) is 10.2. The van der Waals surface area contributed by atoms with Gasteiger partial charge in [0, 0.05) is 29.6 Å². The molecule has 4 aromatic carbocycles. The van der Waals surface area contributed by atoms with E-state index >= 15 is 0 Å². The first-order valence-corrected chi connectivity index (χ1v) is 12.9. The van der Waals surface area contributed by atoms with Gasteiger partial charge in [-0.15, -0.1) is 0 Å². The fraction of sp³-hybridized carbons (Fsp3) is 0.194. The largest absolute Gasteiger partial charge is 0.497 e. The quantitative estimate of drug-likeness (QED) is 0.257. The van der Waals surface area contributed by atoms with Crippen LogP contribution in [0.25, 0.3) is 0 Å². The number of carbonyl (C=O) groups is 1. The molecule has 1 aliphatic heterocycles. The smallest absolute Gasteiger partial charge is 0.252 e. The minimum absolute atomic E-state index is 0.0265. The molecule has 0 aromatic heterocycles. The van der Waals surface area contributed by atoms with Crippen molar-refractivity contribution in [1.82, 2.24) is 4.90 Å². The van der Waals surface area contributed by atoms with Crippen molar-refractivity contribution >= 4 is 29.1 Å². The van der Waals surface area contributed by atoms with Crippen LogP contribution in [0.5, 0.6) is 5.75 Å². The van der Waals surface area contributed by atoms with Crippen molar-refractivity contribution in [2.45, 2.75) is 19.1 Å². The maximum absolute atomic E-state index is 13.0. The first-order valence-electron chi connectivity index (χ1n) is 12.1. The second-order valence-corrected chi connectivity index (χ2v) is 9.26. The predicted octanol–water partition coefficient (Wildman–Crippen LogP) is 7.48. The Kier molecular flexibility index (Phi) is 12.1. The number of amides is 1. The highest BCUT2D eigenvalue weighted by molar-refractivity contribution is 6.30. The number of carbonyl (C=O) groups excluding carboxylic acids is 1. The molecule has 0 N–H and O–H groups in total. The highest BCUT2D eigenvalue weighted by atomic mass is 35.5. The summed E-state index contributed by atoms with van der Waals surface area (Å²) >= 11 is 11.1. The van der Waals surface area contributed by atoms with E-state index in [1.807, 2.05) is 84.9 Å². The highest BCUT2D eigenvalue weighted by Gasteiger charge is 2.29. The lowest BCUT2D eigenvalue weighted by molar-refractivity contribution is -0.153. The molecule has 1 aliphatic rings. The highest BCUT2D eigenvalue weighted by Crippen LogP contribution is 2.18. The molecule has 1 atom stereocenters. The zero-order chi connectivity index (χ0) is 27.2. The van der Waals surface area contributed by atoms with Crippen LogP contribution in [0.15, 0.2) is 109 Å². The molecule has 4 aromatic rings. The summed E-state index contributed by atoms with van der Waals surface area (Å²) in [5.74, 6) is 0.485. The molecule has 1 amide bonds. The van der Waals surface area contributed by atoms with Gasteiger partial charge in [0.2, 0.25) is 0 Å². The van der Waals surface area contributed by atoms with Crippen LogP contribution in [0.1, 0.15) is 11.1 Å². The molecule has 38 heavy (non-hydrogen) atoms. The first-order chi connectivity index (χ1) is 18.4. The average Bonchev–Trinajstić information content (AvgIpc) is 2.94. The number of morpholine rings is 1. The SMILES string of the molecule is COc1ccc(CN2CCOC(Cc3ccc(F)cc3)C2=O)cc1.Clc1ccccc1.Clc1ccccc1. The molecule has 4 nitrogen and oxygen atoms in total. The monoisotopic (exact) mass is 553 g/mol. The number of methoxy groups -OCH3 is 1. The molecule has 7 heteroatoms. The van der Waals surface area contributed by atoms with E-state index in [9.17, 15) is 9.18 Å². The molecule has 1 heterocycles. The van der Waals surface area contributed by atoms with Crippen LogP contribution < -0.4 is 4.74 Å². The maximum Gasteiger partial charge on any atom is 0.252 e. The molecule has 198 valence electrons. The summed E-state index contributed by atoms with van der Waals surface area (Å²) in [6.45, 7) is 1.63. The van der Waals surface area contributed by atoms with Gasteiger partial charge in [0.05, 0.1) is 13.7 Å². The fourth-order valence-electron chi connectivity index (χ4n) is 3.61. The lowest BCUT2D eigenvalue weighted by atomic mass is 10.1. The number of halogens is 3. The molecular weight excluding hydrogens is 524 g/mol. The zero-order valence-corrected chi connectivity index (χ0v) is 22.6. The molecule has 0 saturated carbocycles. The van der Waals surface area contributed by atoms with Gasteiger partial charge in [-0.05, 0) is 59.7 Å². The third-order valence-corrected chi connectivity index (χ3v) is 6.10. The maximum atomic E-state index is 13.0. The van der Waals surface area contributed by atoms with Crippen molar-refractivity contribution in [3.63, 3.8) is 0 Å². The fourth-order valence-corrected chi connectivity index (χ4v) is 3.90. The summed E-state index contributed by atoms with van der Waals surface area (Å²) in [5, 5.41) is 1.59. The van der Waals surface area contributed by atoms with Crippen molar-refractivity contribution in [3.05, 3.63) is 136 Å². The molecule has 0 radical (unpaired) electrons. The molecule has 0 spiro atoms. The zero-order valence-electron chi connectivity index (χ0n) is 21.1. The molecular formula is C31H30Cl2FNO3. The summed E-state index contributed by atoms with van der Waals surface area (Å²) in [5.41, 5.74) is 1.94. The Morgan fingerprint density at radius 3 is 1.82 bits per heavy atom. The Balaban J connectivity index is 0.000000231. The van der Waals surface area contributed by atoms with Crippen LogP contribution in [-0.4, -0.2) is 37.2 Å². The second-order valence-electron chi connectivity index (χ2n) is 8.39. The van der Waals surface area contributed by atoms with Gasteiger partial charge in [-0.1, -0.05) is 83.9 Å². The van der Waals surface area contributed by atoms with Crippen LogP contribution in [0.4, 0.5) is 4.39 Å². The van der Waals surface area contributed by atoms with Gasteiger partial charge >= 0.3 is 0 Å². The van der Waals surface area contributed by atoms with E-state index in [-0.39, 0.29) is 11.7 Å². The van der Waals surface area contributed by atoms with Crippen LogP contribution >= 0.6 is 23.2 Å². The first kappa shape index (κ1) is 29.2. The Hall–Kier alpha value is -3.38. The van der Waals surface area contributed by atoms with Gasteiger partial charge in [-0.25, -0.2) is 4.39 Å². The van der Waals surface area contributed by atoms with E-state index in [0.29, 0.717) is 26.1 Å². The van der Waals surface area contributed by atoms with E-state index in [2.05, 4.69) is 0 Å². The topological polar surface area (TPSA) is 38.8 Å². The number of nitrogens with zero attached hydrogens (tertiary/aromatic N) is 1. The van der Waals surface area contributed by atoms with Gasteiger partial charge in [0.25, 0.3) is 5.91 Å². The summed E-state index contributed by atoms with van der Waals surface area (Å²) in [6.07, 6.45) is -0.0550. The van der Waals surface area contributed by atoms with Gasteiger partial charge in [-0.3, -0.25) is 4.79 Å². The van der Waals surface area contributed by atoms with Crippen molar-refractivity contribution in [2.75, 3.05) is 20.3 Å². The summed E-state index contributed by atoms with van der Waals surface area (Å²) in [7, 11) is 1.63. The summed E-state index contributed by atoms with van der Waals surface area (Å²) in [4.78, 5) is 14.4. The molecule has 0 bridgehead atoms. The minimum atomic E-state index is -0.512. The molecule has 1 saturated heterocycles. The lowest BCUT2D eigenvalue weighted by Crippen LogP contribution is -2.48. The Labute approximate surface area is 233 Å². The van der Waals surface area contributed by atoms with Crippen molar-refractivity contribution in [3.8, 4) is 5.75 Å². The predicted molar refractivity (Wildman–Crippen MR) is 151 cm³/mol. The standard InChI is InChI=1S/C19H20FNO3.2C6H5Cl/c1-23-17-8-4-15(5-9-17)13-21-10-11-24-18(19(21)22)12-14-2-6-16(20)7-3-14;2*7-6-4-2-1-3-5-6/h2-9,18H,10-13H2,1H3;2*1-5H. The molecule has 1 fully saturated rings. The van der Waals surface area contributed by atoms with Crippen LogP contribution in [0, 0.1) is 5.82 Å². The molecule has 1 unspecified atom stereocenters. The summed E-state index contributed by atoms with van der Waals surface area (Å²) in [6, 6.07) is 32.7. The van der Waals surface area contributed by atoms with E-state index in [4.69, 9.17) is 32.7 Å².